The summed E-state index contributed by atoms with van der Waals surface area (Å²) in [6.45, 7) is 4.56. The number of aliphatic hydroxyl groups excluding tert-OH is 1. The van der Waals surface area contributed by atoms with Gasteiger partial charge in [0, 0.05) is 6.42 Å². The molecule has 0 radical (unpaired) electrons. The van der Waals surface area contributed by atoms with Crippen LogP contribution in [0.1, 0.15) is 194 Å². The smallest absolute Gasteiger partial charge is 0.268 e. The van der Waals surface area contributed by atoms with Crippen molar-refractivity contribution in [3.8, 4) is 0 Å². The number of hydrogen-bond donors (Lipinski definition) is 2. The summed E-state index contributed by atoms with van der Waals surface area (Å²) < 4.78 is 23.1. The Morgan fingerprint density at radius 2 is 1.02 bits per heavy atom. The predicted molar refractivity (Wildman–Crippen MR) is 238 cm³/mol. The maximum Gasteiger partial charge on any atom is 0.268 e. The highest BCUT2D eigenvalue weighted by molar-refractivity contribution is 7.45. The van der Waals surface area contributed by atoms with E-state index in [1.807, 2.05) is 27.2 Å². The van der Waals surface area contributed by atoms with Crippen LogP contribution >= 0.6 is 7.82 Å². The normalized spacial score (nSPS) is 14.8. The van der Waals surface area contributed by atoms with Crippen molar-refractivity contribution >= 4 is 13.7 Å². The molecule has 1 amide bonds. The highest BCUT2D eigenvalue weighted by Gasteiger charge is 2.23. The molecule has 0 rings (SSSR count). The Hall–Kier alpha value is -1.54. The molecule has 0 aliphatic carbocycles. The molecule has 3 unspecified atom stereocenters. The Labute approximate surface area is 346 Å². The molecule has 0 aliphatic heterocycles. The van der Waals surface area contributed by atoms with Crippen LogP contribution in [0.4, 0.5) is 0 Å². The third-order valence-electron chi connectivity index (χ3n) is 9.99. The minimum Gasteiger partial charge on any atom is -0.756 e. The van der Waals surface area contributed by atoms with Crippen molar-refractivity contribution in [1.29, 1.82) is 0 Å². The number of allylic oxidation sites excluding steroid dienone is 7. The monoisotopic (exact) mass is 809 g/mol. The molecule has 328 valence electrons. The van der Waals surface area contributed by atoms with Crippen molar-refractivity contribution in [3.05, 3.63) is 48.6 Å². The Morgan fingerprint density at radius 3 is 1.50 bits per heavy atom. The molecule has 0 aromatic heterocycles. The molecule has 0 aromatic rings. The number of carbonyl (C=O) groups excluding carboxylic acids is 1. The van der Waals surface area contributed by atoms with E-state index >= 15 is 0 Å². The zero-order valence-corrected chi connectivity index (χ0v) is 38.0. The zero-order valence-electron chi connectivity index (χ0n) is 37.1. The number of phosphoric acid groups is 1. The molecule has 0 aliphatic rings. The third kappa shape index (κ3) is 40.6. The molecule has 9 heteroatoms. The van der Waals surface area contributed by atoms with Crippen molar-refractivity contribution in [2.24, 2.45) is 0 Å². The number of quaternary nitrogens is 1. The van der Waals surface area contributed by atoms with Gasteiger partial charge in [0.1, 0.15) is 13.2 Å². The van der Waals surface area contributed by atoms with E-state index in [0.29, 0.717) is 17.4 Å². The van der Waals surface area contributed by atoms with E-state index in [-0.39, 0.29) is 12.5 Å². The second kappa shape index (κ2) is 38.9. The first-order valence-electron chi connectivity index (χ1n) is 23.0. The zero-order chi connectivity index (χ0) is 41.4. The Balaban J connectivity index is 4.41. The lowest BCUT2D eigenvalue weighted by Gasteiger charge is -2.29. The summed E-state index contributed by atoms with van der Waals surface area (Å²) in [6, 6.07) is -0.912. The first-order valence-corrected chi connectivity index (χ1v) is 24.5. The quantitative estimate of drug-likeness (QED) is 0.0276. The predicted octanol–water partition coefficient (Wildman–Crippen LogP) is 12.2. The summed E-state index contributed by atoms with van der Waals surface area (Å²) in [6.07, 6.45) is 48.9. The molecule has 0 fully saturated rings. The van der Waals surface area contributed by atoms with Crippen LogP contribution in [0.25, 0.3) is 0 Å². The molecule has 56 heavy (non-hydrogen) atoms. The van der Waals surface area contributed by atoms with Crippen molar-refractivity contribution < 1.29 is 32.9 Å². The van der Waals surface area contributed by atoms with Gasteiger partial charge in [0.25, 0.3) is 7.82 Å². The Bertz CT molecular complexity index is 1050. The van der Waals surface area contributed by atoms with Crippen molar-refractivity contribution in [2.75, 3.05) is 40.9 Å². The second-order valence-electron chi connectivity index (χ2n) is 16.7. The highest BCUT2D eigenvalue weighted by Crippen LogP contribution is 2.38. The van der Waals surface area contributed by atoms with Crippen molar-refractivity contribution in [2.45, 2.75) is 206 Å². The van der Waals surface area contributed by atoms with Crippen LogP contribution in [0, 0.1) is 0 Å². The molecule has 0 aromatic carbocycles. The van der Waals surface area contributed by atoms with Gasteiger partial charge in [-0.25, -0.2) is 0 Å². The van der Waals surface area contributed by atoms with Gasteiger partial charge in [0.05, 0.1) is 39.9 Å². The fourth-order valence-corrected chi connectivity index (χ4v) is 7.00. The third-order valence-corrected chi connectivity index (χ3v) is 11.0. The fourth-order valence-electron chi connectivity index (χ4n) is 6.28. The molecular formula is C47H89N2O6P. The number of phosphoric ester groups is 1. The molecular weight excluding hydrogens is 719 g/mol. The van der Waals surface area contributed by atoms with Gasteiger partial charge in [-0.3, -0.25) is 9.36 Å². The van der Waals surface area contributed by atoms with Crippen LogP contribution in [-0.2, 0) is 18.4 Å². The molecule has 0 heterocycles. The SMILES string of the molecule is CCCC/C=C\CCCCCCCC(=O)NC(COP(=O)([O-])OCC[N+](C)(C)C)C(O)/C=C/CC/C=C/CC/C=C/CCCCCCCCCCCCCCC. The van der Waals surface area contributed by atoms with E-state index in [2.05, 4.69) is 55.6 Å². The lowest BCUT2D eigenvalue weighted by atomic mass is 10.0. The number of likely N-dealkylation sites (N-methyl/N-ethyl adjacent to an activating group) is 1. The van der Waals surface area contributed by atoms with Crippen LogP contribution in [-0.4, -0.2) is 68.5 Å². The van der Waals surface area contributed by atoms with Gasteiger partial charge < -0.3 is 28.8 Å². The maximum atomic E-state index is 12.8. The highest BCUT2D eigenvalue weighted by atomic mass is 31.2. The van der Waals surface area contributed by atoms with Crippen molar-refractivity contribution in [3.63, 3.8) is 0 Å². The topological polar surface area (TPSA) is 108 Å². The van der Waals surface area contributed by atoms with Crippen LogP contribution < -0.4 is 10.2 Å². The molecule has 0 saturated carbocycles. The number of unbranched alkanes of at least 4 members (excludes halogenated alkanes) is 22. The number of carbonyl (C=O) groups is 1. The van der Waals surface area contributed by atoms with Crippen LogP contribution in [0.3, 0.4) is 0 Å². The minimum absolute atomic E-state index is 0.0117. The lowest BCUT2D eigenvalue weighted by molar-refractivity contribution is -0.870. The van der Waals surface area contributed by atoms with E-state index in [1.54, 1.807) is 6.08 Å². The summed E-state index contributed by atoms with van der Waals surface area (Å²) in [5.74, 6) is -0.224. The first kappa shape index (κ1) is 54.5. The maximum absolute atomic E-state index is 12.8. The van der Waals surface area contributed by atoms with Crippen LogP contribution in [0.5, 0.6) is 0 Å². The number of nitrogens with one attached hydrogen (secondary N) is 1. The van der Waals surface area contributed by atoms with E-state index in [0.717, 1.165) is 70.6 Å². The number of nitrogens with zero attached hydrogens (tertiary/aromatic N) is 1. The Morgan fingerprint density at radius 1 is 0.607 bits per heavy atom. The molecule has 2 N–H and O–H groups in total. The van der Waals surface area contributed by atoms with E-state index in [9.17, 15) is 19.4 Å². The second-order valence-corrected chi connectivity index (χ2v) is 18.1. The van der Waals surface area contributed by atoms with Crippen LogP contribution in [0.15, 0.2) is 48.6 Å². The van der Waals surface area contributed by atoms with E-state index in [1.165, 1.54) is 103 Å². The number of amides is 1. The molecule has 0 bridgehead atoms. The first-order chi connectivity index (χ1) is 27.0. The Kier molecular flexibility index (Phi) is 37.9. The van der Waals surface area contributed by atoms with Gasteiger partial charge in [-0.15, -0.1) is 0 Å². The number of aliphatic hydroxyl groups is 1. The van der Waals surface area contributed by atoms with Gasteiger partial charge >= 0.3 is 0 Å². The summed E-state index contributed by atoms with van der Waals surface area (Å²) in [7, 11) is 1.22. The summed E-state index contributed by atoms with van der Waals surface area (Å²) in [4.78, 5) is 25.2. The lowest BCUT2D eigenvalue weighted by Crippen LogP contribution is -2.45. The largest absolute Gasteiger partial charge is 0.756 e. The molecule has 8 nitrogen and oxygen atoms in total. The van der Waals surface area contributed by atoms with Gasteiger partial charge in [0.2, 0.25) is 5.91 Å². The summed E-state index contributed by atoms with van der Waals surface area (Å²) >= 11 is 0. The number of rotatable bonds is 41. The van der Waals surface area contributed by atoms with Crippen molar-refractivity contribution in [1.82, 2.24) is 5.32 Å². The van der Waals surface area contributed by atoms with Gasteiger partial charge in [-0.05, 0) is 64.2 Å². The summed E-state index contributed by atoms with van der Waals surface area (Å²) in [5, 5.41) is 13.7. The van der Waals surface area contributed by atoms with Crippen LogP contribution in [0.2, 0.25) is 0 Å². The number of hydrogen-bond acceptors (Lipinski definition) is 6. The van der Waals surface area contributed by atoms with Gasteiger partial charge in [-0.2, -0.15) is 0 Å². The molecule has 0 spiro atoms. The van der Waals surface area contributed by atoms with Gasteiger partial charge in [0.15, 0.2) is 0 Å². The van der Waals surface area contributed by atoms with Gasteiger partial charge in [-0.1, -0.05) is 172 Å². The summed E-state index contributed by atoms with van der Waals surface area (Å²) in [5.41, 5.74) is 0. The average Bonchev–Trinajstić information content (AvgIpc) is 3.15. The fraction of sp³-hybridized carbons (Fsp3) is 0.809. The minimum atomic E-state index is -4.60. The standard InChI is InChI=1S/C47H89N2O6P/c1-6-8-10-12-14-16-18-19-20-21-22-23-24-25-26-27-28-29-31-32-34-36-38-40-46(50)45(44-55-56(52,53)54-43-42-49(3,4)5)48-47(51)41-39-37-35-33-30-17-15-13-11-9-7-2/h13,15,26-27,31-32,38,40,45-46,50H,6-12,14,16-25,28-30,33-37,39,41-44H2,1-5H3,(H-,48,51,52,53)/b15-13-,27-26+,32-31+,40-38+. The van der Waals surface area contributed by atoms with E-state index in [4.69, 9.17) is 9.05 Å². The molecule has 0 saturated heterocycles. The average molecular weight is 809 g/mol. The van der Waals surface area contributed by atoms with E-state index < -0.39 is 26.6 Å². The molecule has 3 atom stereocenters.